The molecule has 19 heavy (non-hydrogen) atoms. The third kappa shape index (κ3) is 4.73. The van der Waals surface area contributed by atoms with E-state index in [1.165, 1.54) is 51.7 Å². The van der Waals surface area contributed by atoms with E-state index < -0.39 is 0 Å². The average Bonchev–Trinajstić information content (AvgIpc) is 2.91. The van der Waals surface area contributed by atoms with Crippen LogP contribution in [0.25, 0.3) is 0 Å². The van der Waals surface area contributed by atoms with Gasteiger partial charge in [-0.2, -0.15) is 0 Å². The normalized spacial score (nSPS) is 28.1. The monoisotopic (exact) mass is 268 g/mol. The lowest BCUT2D eigenvalue weighted by molar-refractivity contribution is 0.0666. The highest BCUT2D eigenvalue weighted by Gasteiger charge is 2.28. The van der Waals surface area contributed by atoms with E-state index in [1.807, 2.05) is 0 Å². The maximum Gasteiger partial charge on any atom is 0.0728 e. The van der Waals surface area contributed by atoms with Gasteiger partial charge in [0.2, 0.25) is 0 Å². The molecular formula is C16H32N2O. The van der Waals surface area contributed by atoms with Gasteiger partial charge in [0, 0.05) is 25.2 Å². The number of likely N-dealkylation sites (tertiary alicyclic amines) is 1. The van der Waals surface area contributed by atoms with Crippen molar-refractivity contribution in [1.82, 2.24) is 10.2 Å². The molecule has 0 aliphatic carbocycles. The van der Waals surface area contributed by atoms with Crippen LogP contribution < -0.4 is 5.32 Å². The fourth-order valence-electron chi connectivity index (χ4n) is 3.51. The zero-order chi connectivity index (χ0) is 13.7. The molecule has 1 N–H and O–H groups in total. The summed E-state index contributed by atoms with van der Waals surface area (Å²) in [4.78, 5) is 2.62. The lowest BCUT2D eigenvalue weighted by atomic mass is 9.99. The average molecular weight is 268 g/mol. The van der Waals surface area contributed by atoms with Crippen molar-refractivity contribution in [2.45, 2.75) is 71.1 Å². The molecule has 2 saturated heterocycles. The first kappa shape index (κ1) is 15.3. The number of hydrogen-bond acceptors (Lipinski definition) is 3. The van der Waals surface area contributed by atoms with E-state index in [-0.39, 0.29) is 0 Å². The van der Waals surface area contributed by atoms with E-state index in [0.29, 0.717) is 18.2 Å². The van der Waals surface area contributed by atoms with Gasteiger partial charge in [0.05, 0.1) is 6.10 Å². The third-order valence-electron chi connectivity index (χ3n) is 4.51. The van der Waals surface area contributed by atoms with Gasteiger partial charge < -0.3 is 15.0 Å². The van der Waals surface area contributed by atoms with Gasteiger partial charge in [-0.15, -0.1) is 0 Å². The highest BCUT2D eigenvalue weighted by molar-refractivity contribution is 4.85. The lowest BCUT2D eigenvalue weighted by Crippen LogP contribution is -2.50. The summed E-state index contributed by atoms with van der Waals surface area (Å²) in [6.45, 7) is 11.7. The molecule has 3 nitrogen and oxygen atoms in total. The third-order valence-corrected chi connectivity index (χ3v) is 4.51. The van der Waals surface area contributed by atoms with Crippen molar-refractivity contribution in [2.24, 2.45) is 5.92 Å². The van der Waals surface area contributed by atoms with Crippen molar-refractivity contribution in [1.29, 1.82) is 0 Å². The maximum absolute atomic E-state index is 5.85. The quantitative estimate of drug-likeness (QED) is 0.801. The lowest BCUT2D eigenvalue weighted by Gasteiger charge is -2.36. The van der Waals surface area contributed by atoms with Crippen LogP contribution in [0.1, 0.15) is 52.9 Å². The summed E-state index contributed by atoms with van der Waals surface area (Å²) in [5.74, 6) is 0.791. The number of nitrogens with one attached hydrogen (secondary N) is 1. The van der Waals surface area contributed by atoms with Crippen LogP contribution in [0.5, 0.6) is 0 Å². The zero-order valence-corrected chi connectivity index (χ0v) is 13.0. The summed E-state index contributed by atoms with van der Waals surface area (Å²) in [7, 11) is 0. The molecule has 112 valence electrons. The molecule has 2 aliphatic rings. The molecule has 2 aliphatic heterocycles. The Hall–Kier alpha value is -0.120. The molecule has 0 aromatic carbocycles. The molecular weight excluding hydrogens is 236 g/mol. The van der Waals surface area contributed by atoms with Gasteiger partial charge in [-0.3, -0.25) is 0 Å². The highest BCUT2D eigenvalue weighted by Crippen LogP contribution is 2.20. The van der Waals surface area contributed by atoms with Crippen LogP contribution in [-0.4, -0.2) is 49.3 Å². The van der Waals surface area contributed by atoms with Gasteiger partial charge in [0.15, 0.2) is 0 Å². The second kappa shape index (κ2) is 7.61. The second-order valence-electron chi connectivity index (χ2n) is 6.70. The molecule has 0 spiro atoms. The van der Waals surface area contributed by atoms with Crippen LogP contribution in [0.3, 0.4) is 0 Å². The van der Waals surface area contributed by atoms with Crippen LogP contribution in [0, 0.1) is 5.92 Å². The predicted octanol–water partition coefficient (Wildman–Crippen LogP) is 2.65. The molecule has 2 unspecified atom stereocenters. The van der Waals surface area contributed by atoms with E-state index in [4.69, 9.17) is 4.74 Å². The molecule has 0 radical (unpaired) electrons. The summed E-state index contributed by atoms with van der Waals surface area (Å²) >= 11 is 0. The Morgan fingerprint density at radius 1 is 1.21 bits per heavy atom. The first-order chi connectivity index (χ1) is 9.19. The van der Waals surface area contributed by atoms with E-state index in [2.05, 4.69) is 31.0 Å². The minimum absolute atomic E-state index is 0.471. The van der Waals surface area contributed by atoms with Crippen molar-refractivity contribution in [2.75, 3.05) is 26.2 Å². The Labute approximate surface area is 119 Å². The Morgan fingerprint density at radius 3 is 2.47 bits per heavy atom. The maximum atomic E-state index is 5.85. The molecule has 0 saturated carbocycles. The Bertz CT molecular complexity index is 243. The summed E-state index contributed by atoms with van der Waals surface area (Å²) in [6, 6.07) is 1.28. The Balaban J connectivity index is 1.71. The molecule has 2 fully saturated rings. The fraction of sp³-hybridized carbons (Fsp3) is 1.00. The van der Waals surface area contributed by atoms with Gasteiger partial charge >= 0.3 is 0 Å². The van der Waals surface area contributed by atoms with Crippen molar-refractivity contribution in [3.63, 3.8) is 0 Å². The summed E-state index contributed by atoms with van der Waals surface area (Å²) in [5.41, 5.74) is 0. The van der Waals surface area contributed by atoms with Crippen LogP contribution in [-0.2, 0) is 4.74 Å². The van der Waals surface area contributed by atoms with Crippen LogP contribution in [0.4, 0.5) is 0 Å². The second-order valence-corrected chi connectivity index (χ2v) is 6.70. The van der Waals surface area contributed by atoms with Gasteiger partial charge in [-0.05, 0) is 51.1 Å². The topological polar surface area (TPSA) is 24.5 Å². The molecule has 0 amide bonds. The van der Waals surface area contributed by atoms with Crippen molar-refractivity contribution in [3.05, 3.63) is 0 Å². The van der Waals surface area contributed by atoms with Crippen LogP contribution >= 0.6 is 0 Å². The smallest absolute Gasteiger partial charge is 0.0728 e. The van der Waals surface area contributed by atoms with Crippen molar-refractivity contribution in [3.8, 4) is 0 Å². The van der Waals surface area contributed by atoms with Crippen LogP contribution in [0.2, 0.25) is 0 Å². The summed E-state index contributed by atoms with van der Waals surface area (Å²) in [6.07, 6.45) is 6.76. The minimum Gasteiger partial charge on any atom is -0.377 e. The van der Waals surface area contributed by atoms with Crippen molar-refractivity contribution < 1.29 is 4.74 Å². The molecule has 2 heterocycles. The molecule has 0 aromatic rings. The Morgan fingerprint density at radius 2 is 1.95 bits per heavy atom. The largest absolute Gasteiger partial charge is 0.377 e. The number of hydrogen-bond donors (Lipinski definition) is 1. The number of nitrogens with zero attached hydrogens (tertiary/aromatic N) is 1. The molecule has 0 bridgehead atoms. The van der Waals surface area contributed by atoms with Crippen LogP contribution in [0.15, 0.2) is 0 Å². The number of rotatable bonds is 6. The SMILES string of the molecule is CCC(NC1CCN(CC(C)C)CC1)C1CCCO1. The number of ether oxygens (including phenoxy) is 1. The van der Waals surface area contributed by atoms with E-state index in [9.17, 15) is 0 Å². The first-order valence-corrected chi connectivity index (χ1v) is 8.29. The molecule has 0 aromatic heterocycles. The summed E-state index contributed by atoms with van der Waals surface area (Å²) in [5, 5.41) is 3.87. The standard InChI is InChI=1S/C16H32N2O/c1-4-15(16-6-5-11-19-16)17-14-7-9-18(10-8-14)12-13(2)3/h13-17H,4-12H2,1-3H3. The molecule has 2 rings (SSSR count). The van der Waals surface area contributed by atoms with Crippen molar-refractivity contribution >= 4 is 0 Å². The zero-order valence-electron chi connectivity index (χ0n) is 13.0. The number of piperidine rings is 1. The van der Waals surface area contributed by atoms with E-state index in [0.717, 1.165) is 12.5 Å². The van der Waals surface area contributed by atoms with E-state index >= 15 is 0 Å². The Kier molecular flexibility index (Phi) is 6.11. The minimum atomic E-state index is 0.471. The molecule has 2 atom stereocenters. The highest BCUT2D eigenvalue weighted by atomic mass is 16.5. The first-order valence-electron chi connectivity index (χ1n) is 8.29. The van der Waals surface area contributed by atoms with Gasteiger partial charge in [-0.25, -0.2) is 0 Å². The van der Waals surface area contributed by atoms with E-state index in [1.54, 1.807) is 0 Å². The summed E-state index contributed by atoms with van der Waals surface area (Å²) < 4.78 is 5.85. The predicted molar refractivity (Wildman–Crippen MR) is 80.5 cm³/mol. The van der Waals surface area contributed by atoms with Gasteiger partial charge in [0.25, 0.3) is 0 Å². The fourth-order valence-corrected chi connectivity index (χ4v) is 3.51. The van der Waals surface area contributed by atoms with Gasteiger partial charge in [-0.1, -0.05) is 20.8 Å². The van der Waals surface area contributed by atoms with Gasteiger partial charge in [0.1, 0.15) is 0 Å². The molecule has 3 heteroatoms.